The zero-order valence-corrected chi connectivity index (χ0v) is 14.1. The number of tetrazole rings is 1. The summed E-state index contributed by atoms with van der Waals surface area (Å²) in [7, 11) is 3.78. The summed E-state index contributed by atoms with van der Waals surface area (Å²) in [5.74, 6) is 0.697. The maximum Gasteiger partial charge on any atom is 0.266 e. The number of aromatic nitrogens is 4. The smallest absolute Gasteiger partial charge is 0.266 e. The zero-order valence-electron chi connectivity index (χ0n) is 13.4. The first-order valence-corrected chi connectivity index (χ1v) is 8.03. The van der Waals surface area contributed by atoms with Crippen molar-refractivity contribution in [2.45, 2.75) is 19.4 Å². The number of benzene rings is 1. The molecule has 2 heterocycles. The van der Waals surface area contributed by atoms with Crippen LogP contribution < -0.4 is 4.90 Å². The molecule has 1 aromatic heterocycles. The molecule has 0 aliphatic carbocycles. The Kier molecular flexibility index (Phi) is 4.76. The molecule has 0 saturated carbocycles. The topological polar surface area (TPSA) is 62.4 Å². The van der Waals surface area contributed by atoms with Crippen LogP contribution in [0.2, 0.25) is 5.02 Å². The molecule has 0 spiro atoms. The van der Waals surface area contributed by atoms with Gasteiger partial charge < -0.3 is 9.91 Å². The Labute approximate surface area is 140 Å². The van der Waals surface area contributed by atoms with E-state index in [1.807, 2.05) is 38.4 Å². The van der Waals surface area contributed by atoms with E-state index in [1.54, 1.807) is 9.81 Å². The Morgan fingerprint density at radius 1 is 1.22 bits per heavy atom. The summed E-state index contributed by atoms with van der Waals surface area (Å²) in [5, 5.41) is 19.8. The Hall–Kier alpha value is -2.15. The van der Waals surface area contributed by atoms with E-state index in [0.717, 1.165) is 24.4 Å². The summed E-state index contributed by atoms with van der Waals surface area (Å²) in [6.45, 7) is 2.46. The van der Waals surface area contributed by atoms with Crippen LogP contribution in [0.4, 0.5) is 5.95 Å². The van der Waals surface area contributed by atoms with Gasteiger partial charge in [-0.25, -0.2) is 0 Å². The first kappa shape index (κ1) is 15.7. The molecular weight excluding hydrogens is 314 g/mol. The van der Waals surface area contributed by atoms with Crippen molar-refractivity contribution in [3.63, 3.8) is 0 Å². The van der Waals surface area contributed by atoms with Crippen molar-refractivity contribution in [3.05, 3.63) is 34.9 Å². The second-order valence-corrected chi connectivity index (χ2v) is 6.15. The maximum absolute atomic E-state index is 5.96. The highest BCUT2D eigenvalue weighted by molar-refractivity contribution is 6.30. The quantitative estimate of drug-likeness (QED) is 0.617. The number of nitrogens with zero attached hydrogens (tertiary/aromatic N) is 7. The van der Waals surface area contributed by atoms with Gasteiger partial charge in [-0.15, -0.1) is 5.10 Å². The van der Waals surface area contributed by atoms with Gasteiger partial charge in [0.2, 0.25) is 0 Å². The van der Waals surface area contributed by atoms with Crippen molar-refractivity contribution in [1.29, 1.82) is 0 Å². The van der Waals surface area contributed by atoms with Crippen LogP contribution >= 0.6 is 11.6 Å². The van der Waals surface area contributed by atoms with Gasteiger partial charge in [0, 0.05) is 32.2 Å². The standard InChI is InChI=1S/C15H20ClN7/c1-21(2)18-14(12-5-7-13(16)8-6-12)11-23-19-15(17-20-23)22-9-3-4-10-22/h5-8H,3-4,9-11H2,1-2H3/b18-14-. The van der Waals surface area contributed by atoms with Gasteiger partial charge in [0.05, 0.1) is 5.71 Å². The molecule has 23 heavy (non-hydrogen) atoms. The molecule has 1 fully saturated rings. The lowest BCUT2D eigenvalue weighted by atomic mass is 10.1. The fraction of sp³-hybridized carbons (Fsp3) is 0.467. The lowest BCUT2D eigenvalue weighted by Crippen LogP contribution is -2.20. The number of hydrogen-bond donors (Lipinski definition) is 0. The van der Waals surface area contributed by atoms with Crippen LogP contribution in [0.15, 0.2) is 29.4 Å². The molecule has 0 bridgehead atoms. The zero-order chi connectivity index (χ0) is 16.2. The lowest BCUT2D eigenvalue weighted by Gasteiger charge is -2.11. The van der Waals surface area contributed by atoms with E-state index in [0.29, 0.717) is 17.5 Å². The van der Waals surface area contributed by atoms with E-state index in [2.05, 4.69) is 25.4 Å². The molecule has 0 N–H and O–H groups in total. The minimum atomic E-state index is 0.459. The Bertz CT molecular complexity index is 671. The monoisotopic (exact) mass is 333 g/mol. The number of rotatable bonds is 5. The van der Waals surface area contributed by atoms with Gasteiger partial charge in [-0.1, -0.05) is 28.8 Å². The third-order valence-electron chi connectivity index (χ3n) is 3.62. The molecule has 1 saturated heterocycles. The summed E-state index contributed by atoms with van der Waals surface area (Å²) >= 11 is 5.96. The predicted molar refractivity (Wildman–Crippen MR) is 90.9 cm³/mol. The molecule has 0 unspecified atom stereocenters. The van der Waals surface area contributed by atoms with Crippen LogP contribution in [-0.2, 0) is 6.54 Å². The first-order chi connectivity index (χ1) is 11.1. The Balaban J connectivity index is 1.80. The van der Waals surface area contributed by atoms with Gasteiger partial charge in [-0.2, -0.15) is 9.90 Å². The summed E-state index contributed by atoms with van der Waals surface area (Å²) in [6, 6.07) is 7.60. The fourth-order valence-corrected chi connectivity index (χ4v) is 2.67. The molecule has 8 heteroatoms. The maximum atomic E-state index is 5.96. The molecule has 1 aromatic carbocycles. The second kappa shape index (κ2) is 6.95. The average Bonchev–Trinajstić information content (AvgIpc) is 3.17. The highest BCUT2D eigenvalue weighted by Crippen LogP contribution is 2.15. The summed E-state index contributed by atoms with van der Waals surface area (Å²) in [5.41, 5.74) is 1.85. The highest BCUT2D eigenvalue weighted by Gasteiger charge is 2.17. The number of anilines is 1. The van der Waals surface area contributed by atoms with Crippen LogP contribution in [0.5, 0.6) is 0 Å². The second-order valence-electron chi connectivity index (χ2n) is 5.71. The van der Waals surface area contributed by atoms with Gasteiger partial charge in [0.1, 0.15) is 6.54 Å². The number of hydrazone groups is 1. The normalized spacial score (nSPS) is 15.3. The third kappa shape index (κ3) is 3.98. The van der Waals surface area contributed by atoms with Crippen molar-refractivity contribution in [3.8, 4) is 0 Å². The van der Waals surface area contributed by atoms with Crippen molar-refractivity contribution in [1.82, 2.24) is 25.2 Å². The Morgan fingerprint density at radius 2 is 1.91 bits per heavy atom. The van der Waals surface area contributed by atoms with E-state index in [-0.39, 0.29) is 0 Å². The van der Waals surface area contributed by atoms with Gasteiger partial charge in [0.15, 0.2) is 0 Å². The van der Waals surface area contributed by atoms with Crippen LogP contribution in [-0.4, -0.2) is 58.1 Å². The van der Waals surface area contributed by atoms with Gasteiger partial charge in [0.25, 0.3) is 5.95 Å². The van der Waals surface area contributed by atoms with E-state index >= 15 is 0 Å². The predicted octanol–water partition coefficient (Wildman–Crippen LogP) is 1.89. The van der Waals surface area contributed by atoms with Crippen molar-refractivity contribution in [2.24, 2.45) is 5.10 Å². The third-order valence-corrected chi connectivity index (χ3v) is 3.87. The van der Waals surface area contributed by atoms with Crippen molar-refractivity contribution >= 4 is 23.3 Å². The van der Waals surface area contributed by atoms with Gasteiger partial charge >= 0.3 is 0 Å². The SMILES string of the molecule is CN(C)/N=C(/Cn1nnc(N2CCCC2)n1)c1ccc(Cl)cc1. The molecule has 0 atom stereocenters. The molecule has 7 nitrogen and oxygen atoms in total. The van der Waals surface area contributed by atoms with Gasteiger partial charge in [-0.3, -0.25) is 0 Å². The van der Waals surface area contributed by atoms with Crippen LogP contribution in [0.1, 0.15) is 18.4 Å². The molecule has 122 valence electrons. The van der Waals surface area contributed by atoms with E-state index < -0.39 is 0 Å². The molecule has 3 rings (SSSR count). The van der Waals surface area contributed by atoms with Crippen molar-refractivity contribution < 1.29 is 0 Å². The van der Waals surface area contributed by atoms with Crippen LogP contribution in [0.25, 0.3) is 0 Å². The first-order valence-electron chi connectivity index (χ1n) is 7.65. The summed E-state index contributed by atoms with van der Waals surface area (Å²) in [4.78, 5) is 3.75. The average molecular weight is 334 g/mol. The highest BCUT2D eigenvalue weighted by atomic mass is 35.5. The molecule has 1 aliphatic rings. The molecular formula is C15H20ClN7. The Morgan fingerprint density at radius 3 is 2.57 bits per heavy atom. The molecule has 2 aromatic rings. The summed E-state index contributed by atoms with van der Waals surface area (Å²) in [6.07, 6.45) is 2.37. The van der Waals surface area contributed by atoms with Crippen LogP contribution in [0.3, 0.4) is 0 Å². The van der Waals surface area contributed by atoms with Crippen LogP contribution in [0, 0.1) is 0 Å². The van der Waals surface area contributed by atoms with Gasteiger partial charge in [-0.05, 0) is 35.8 Å². The molecule has 1 aliphatic heterocycles. The fourth-order valence-electron chi connectivity index (χ4n) is 2.54. The lowest BCUT2D eigenvalue weighted by molar-refractivity contribution is 0.433. The minimum Gasteiger partial charge on any atom is -0.338 e. The minimum absolute atomic E-state index is 0.459. The van der Waals surface area contributed by atoms with E-state index in [1.165, 1.54) is 12.8 Å². The molecule has 0 amide bonds. The number of halogens is 1. The number of hydrogen-bond acceptors (Lipinski definition) is 6. The van der Waals surface area contributed by atoms with E-state index in [4.69, 9.17) is 11.6 Å². The summed E-state index contributed by atoms with van der Waals surface area (Å²) < 4.78 is 0. The largest absolute Gasteiger partial charge is 0.338 e. The van der Waals surface area contributed by atoms with Crippen molar-refractivity contribution in [2.75, 3.05) is 32.1 Å². The molecule has 0 radical (unpaired) electrons. The van der Waals surface area contributed by atoms with E-state index in [9.17, 15) is 0 Å².